The summed E-state index contributed by atoms with van der Waals surface area (Å²) in [5.74, 6) is 0. The lowest BCUT2D eigenvalue weighted by Crippen LogP contribution is -1.96. The van der Waals surface area contributed by atoms with Gasteiger partial charge in [-0.2, -0.15) is 26.7 Å². The minimum Gasteiger partial charge on any atom is -0.224 e. The van der Waals surface area contributed by atoms with Crippen LogP contribution < -0.4 is 0 Å². The average molecular weight is 412 g/mol. The molecule has 0 aromatic heterocycles. The van der Waals surface area contributed by atoms with Crippen molar-refractivity contribution in [3.05, 3.63) is 78.9 Å². The molecular formula is C20H19F3O2S2. The molecule has 0 aliphatic carbocycles. The van der Waals surface area contributed by atoms with Gasteiger partial charge >= 0.3 is 6.68 Å². The summed E-state index contributed by atoms with van der Waals surface area (Å²) in [7, 11) is -3.16. The van der Waals surface area contributed by atoms with Gasteiger partial charge in [0.15, 0.2) is 9.84 Å². The Morgan fingerprint density at radius 3 is 1.44 bits per heavy atom. The van der Waals surface area contributed by atoms with Crippen LogP contribution in [0.3, 0.4) is 0 Å². The highest BCUT2D eigenvalue weighted by Crippen LogP contribution is 2.32. The second-order valence-corrected chi connectivity index (χ2v) is 7.47. The minimum absolute atomic E-state index is 0. The van der Waals surface area contributed by atoms with Crippen molar-refractivity contribution in [1.82, 2.24) is 0 Å². The molecule has 144 valence electrons. The van der Waals surface area contributed by atoms with E-state index in [4.69, 9.17) is 0 Å². The molecule has 0 atom stereocenters. The predicted octanol–water partition coefficient (Wildman–Crippen LogP) is 5.72. The van der Waals surface area contributed by atoms with E-state index in [1.807, 2.05) is 42.5 Å². The molecule has 3 aromatic carbocycles. The molecule has 0 bridgehead atoms. The topological polar surface area (TPSA) is 34.1 Å². The van der Waals surface area contributed by atoms with E-state index in [1.165, 1.54) is 6.26 Å². The van der Waals surface area contributed by atoms with Crippen molar-refractivity contribution >= 4 is 23.3 Å². The lowest BCUT2D eigenvalue weighted by molar-refractivity contribution is 0.00819. The van der Waals surface area contributed by atoms with Crippen LogP contribution in [-0.2, 0) is 9.84 Å². The van der Waals surface area contributed by atoms with Crippen LogP contribution in [0.25, 0.3) is 22.3 Å². The Balaban J connectivity index is 0.000000666. The Bertz CT molecular complexity index is 940. The summed E-state index contributed by atoms with van der Waals surface area (Å²) < 4.78 is 52.1. The number of hydrogen-bond donors (Lipinski definition) is 0. The smallest absolute Gasteiger partial charge is 0.224 e. The molecule has 0 heterocycles. The number of halogens is 3. The number of rotatable bonds is 3. The molecule has 2 nitrogen and oxygen atoms in total. The second kappa shape index (κ2) is 10.2. The molecule has 0 saturated heterocycles. The Morgan fingerprint density at radius 1 is 0.667 bits per heavy atom. The zero-order valence-electron chi connectivity index (χ0n) is 14.4. The fraction of sp³-hybridized carbons (Fsp3) is 0.100. The Labute approximate surface area is 164 Å². The molecule has 0 fully saturated rings. The van der Waals surface area contributed by atoms with Crippen LogP contribution in [0.1, 0.15) is 0 Å². The van der Waals surface area contributed by atoms with Gasteiger partial charge in [-0.15, -0.1) is 0 Å². The number of sulfone groups is 1. The van der Waals surface area contributed by atoms with Crippen molar-refractivity contribution in [2.24, 2.45) is 0 Å². The van der Waals surface area contributed by atoms with E-state index in [2.05, 4.69) is 24.3 Å². The van der Waals surface area contributed by atoms with Gasteiger partial charge in [-0.1, -0.05) is 66.7 Å². The molecule has 0 unspecified atom stereocenters. The lowest BCUT2D eigenvalue weighted by atomic mass is 9.95. The van der Waals surface area contributed by atoms with Gasteiger partial charge in [-0.05, 0) is 34.4 Å². The predicted molar refractivity (Wildman–Crippen MR) is 108 cm³/mol. The number of benzene rings is 3. The average Bonchev–Trinajstić information content (AvgIpc) is 2.61. The van der Waals surface area contributed by atoms with Gasteiger partial charge in [0.1, 0.15) is 0 Å². The van der Waals surface area contributed by atoms with Crippen molar-refractivity contribution in [2.45, 2.75) is 11.6 Å². The summed E-state index contributed by atoms with van der Waals surface area (Å²) in [6, 6.07) is 25.3. The molecule has 0 aliphatic rings. The van der Waals surface area contributed by atoms with Crippen LogP contribution in [0.4, 0.5) is 13.2 Å². The fourth-order valence-electron chi connectivity index (χ4n) is 2.49. The SMILES string of the molecule is CS(=O)(=O)c1ccc(-c2ccccc2-c2ccccc2)cc1.FC(F)F.S. The van der Waals surface area contributed by atoms with E-state index in [0.29, 0.717) is 4.90 Å². The van der Waals surface area contributed by atoms with Crippen LogP contribution in [-0.4, -0.2) is 21.4 Å². The molecule has 0 amide bonds. The maximum Gasteiger partial charge on any atom is 0.379 e. The number of hydrogen-bond acceptors (Lipinski definition) is 2. The highest BCUT2D eigenvalue weighted by molar-refractivity contribution is 7.90. The third-order valence-corrected chi connectivity index (χ3v) is 4.73. The van der Waals surface area contributed by atoms with Crippen molar-refractivity contribution < 1.29 is 21.6 Å². The first-order chi connectivity index (χ1) is 12.3. The van der Waals surface area contributed by atoms with E-state index in [0.717, 1.165) is 22.3 Å². The normalized spacial score (nSPS) is 10.6. The van der Waals surface area contributed by atoms with Crippen LogP contribution >= 0.6 is 13.5 Å². The van der Waals surface area contributed by atoms with Crippen molar-refractivity contribution in [1.29, 1.82) is 0 Å². The highest BCUT2D eigenvalue weighted by Gasteiger charge is 2.09. The summed E-state index contributed by atoms with van der Waals surface area (Å²) in [6.07, 6.45) is 1.22. The Morgan fingerprint density at radius 2 is 1.04 bits per heavy atom. The maximum absolute atomic E-state index is 11.6. The van der Waals surface area contributed by atoms with Gasteiger partial charge in [-0.25, -0.2) is 8.42 Å². The van der Waals surface area contributed by atoms with E-state index in [1.54, 1.807) is 12.1 Å². The van der Waals surface area contributed by atoms with Crippen LogP contribution in [0, 0.1) is 0 Å². The molecule has 0 spiro atoms. The van der Waals surface area contributed by atoms with E-state index < -0.39 is 16.5 Å². The van der Waals surface area contributed by atoms with Gasteiger partial charge in [0.2, 0.25) is 0 Å². The first kappa shape index (κ1) is 22.8. The van der Waals surface area contributed by atoms with Gasteiger partial charge in [0.05, 0.1) is 4.90 Å². The fourth-order valence-corrected chi connectivity index (χ4v) is 3.12. The maximum atomic E-state index is 11.6. The largest absolute Gasteiger partial charge is 0.379 e. The van der Waals surface area contributed by atoms with E-state index in [9.17, 15) is 21.6 Å². The Hall–Kier alpha value is -2.25. The summed E-state index contributed by atoms with van der Waals surface area (Å²) in [6.45, 7) is -3.67. The molecule has 0 N–H and O–H groups in total. The summed E-state index contributed by atoms with van der Waals surface area (Å²) >= 11 is 0. The molecule has 0 aliphatic heterocycles. The lowest BCUT2D eigenvalue weighted by Gasteiger charge is -2.10. The standard InChI is InChI=1S/C19H16O2S.CHF3.H2S/c1-22(20,21)17-13-11-16(12-14-17)19-10-6-5-9-18(19)15-7-3-2-4-8-15;2-1(3)4;/h2-14H,1H3;1H;1H2. The molecule has 7 heteroatoms. The minimum atomic E-state index is -3.67. The van der Waals surface area contributed by atoms with Gasteiger partial charge in [-0.3, -0.25) is 0 Å². The highest BCUT2D eigenvalue weighted by atomic mass is 32.2. The van der Waals surface area contributed by atoms with Crippen molar-refractivity contribution in [3.8, 4) is 22.3 Å². The summed E-state index contributed by atoms with van der Waals surface area (Å²) in [4.78, 5) is 0.341. The Kier molecular flexibility index (Phi) is 8.59. The number of alkyl halides is 3. The monoisotopic (exact) mass is 412 g/mol. The van der Waals surface area contributed by atoms with Gasteiger partial charge in [0, 0.05) is 6.26 Å². The molecular weight excluding hydrogens is 393 g/mol. The molecule has 3 aromatic rings. The first-order valence-electron chi connectivity index (χ1n) is 7.66. The van der Waals surface area contributed by atoms with Crippen molar-refractivity contribution in [2.75, 3.05) is 6.26 Å². The summed E-state index contributed by atoms with van der Waals surface area (Å²) in [5, 5.41) is 0. The first-order valence-corrected chi connectivity index (χ1v) is 9.55. The van der Waals surface area contributed by atoms with E-state index in [-0.39, 0.29) is 13.5 Å². The van der Waals surface area contributed by atoms with Gasteiger partial charge in [0.25, 0.3) is 0 Å². The molecule has 0 radical (unpaired) electrons. The zero-order chi connectivity index (χ0) is 19.2. The molecule has 3 rings (SSSR count). The van der Waals surface area contributed by atoms with E-state index >= 15 is 0 Å². The quantitative estimate of drug-likeness (QED) is 0.552. The van der Waals surface area contributed by atoms with Crippen LogP contribution in [0.5, 0.6) is 0 Å². The van der Waals surface area contributed by atoms with Crippen LogP contribution in [0.2, 0.25) is 0 Å². The third-order valence-electron chi connectivity index (χ3n) is 3.61. The molecule has 27 heavy (non-hydrogen) atoms. The summed E-state index contributed by atoms with van der Waals surface area (Å²) in [5.41, 5.74) is 4.38. The van der Waals surface area contributed by atoms with Gasteiger partial charge < -0.3 is 0 Å². The third kappa shape index (κ3) is 6.77. The van der Waals surface area contributed by atoms with Crippen LogP contribution in [0.15, 0.2) is 83.8 Å². The second-order valence-electron chi connectivity index (χ2n) is 5.46. The molecule has 0 saturated carbocycles. The van der Waals surface area contributed by atoms with Crippen molar-refractivity contribution in [3.63, 3.8) is 0 Å². The zero-order valence-corrected chi connectivity index (χ0v) is 16.3.